The van der Waals surface area contributed by atoms with E-state index in [0.717, 1.165) is 6.42 Å². The van der Waals surface area contributed by atoms with E-state index < -0.39 is 0 Å². The molecule has 15 heavy (non-hydrogen) atoms. The van der Waals surface area contributed by atoms with Gasteiger partial charge in [0.2, 0.25) is 0 Å². The predicted molar refractivity (Wildman–Crippen MR) is 66.3 cm³/mol. The second kappa shape index (κ2) is 4.47. The van der Waals surface area contributed by atoms with Crippen molar-refractivity contribution in [3.63, 3.8) is 0 Å². The molecule has 0 saturated heterocycles. The Labute approximate surface area is 92.2 Å². The van der Waals surface area contributed by atoms with Gasteiger partial charge in [-0.25, -0.2) is 0 Å². The maximum atomic E-state index is 5.89. The summed E-state index contributed by atoms with van der Waals surface area (Å²) in [5.41, 5.74) is 8.29. The van der Waals surface area contributed by atoms with Crippen molar-refractivity contribution < 1.29 is 0 Å². The molecule has 0 bridgehead atoms. The standard InChI is InChI=1S/C13H20N2/c1-10-6-5-7-11(8-10)9-12(14)15-13(2,3)4/h5-8H,9H2,1-4H3,(H2,14,15). The Balaban J connectivity index is 2.75. The summed E-state index contributed by atoms with van der Waals surface area (Å²) < 4.78 is 0. The average molecular weight is 204 g/mol. The van der Waals surface area contributed by atoms with Gasteiger partial charge in [-0.2, -0.15) is 0 Å². The van der Waals surface area contributed by atoms with Crippen molar-refractivity contribution in [3.8, 4) is 0 Å². The molecule has 0 aliphatic heterocycles. The van der Waals surface area contributed by atoms with E-state index in [-0.39, 0.29) is 5.54 Å². The number of benzene rings is 1. The molecular formula is C13H20N2. The van der Waals surface area contributed by atoms with Crippen LogP contribution in [0.1, 0.15) is 31.9 Å². The third-order valence-electron chi connectivity index (χ3n) is 1.95. The highest BCUT2D eigenvalue weighted by Gasteiger charge is 2.08. The van der Waals surface area contributed by atoms with Crippen LogP contribution < -0.4 is 5.73 Å². The summed E-state index contributed by atoms with van der Waals surface area (Å²) >= 11 is 0. The average Bonchev–Trinajstić information content (AvgIpc) is 1.99. The molecule has 0 aliphatic carbocycles. The normalized spacial score (nSPS) is 12.9. The first-order chi connectivity index (χ1) is 6.87. The summed E-state index contributed by atoms with van der Waals surface area (Å²) in [6.45, 7) is 8.24. The van der Waals surface area contributed by atoms with E-state index in [0.29, 0.717) is 5.84 Å². The molecule has 0 fully saturated rings. The van der Waals surface area contributed by atoms with Crippen LogP contribution in [0, 0.1) is 6.92 Å². The monoisotopic (exact) mass is 204 g/mol. The van der Waals surface area contributed by atoms with Crippen LogP contribution in [0.4, 0.5) is 0 Å². The van der Waals surface area contributed by atoms with Gasteiger partial charge < -0.3 is 5.73 Å². The Kier molecular flexibility index (Phi) is 3.51. The Morgan fingerprint density at radius 1 is 1.33 bits per heavy atom. The van der Waals surface area contributed by atoms with Crippen LogP contribution in [0.3, 0.4) is 0 Å². The lowest BCUT2D eigenvalue weighted by Gasteiger charge is -2.13. The number of nitrogens with zero attached hydrogens (tertiary/aromatic N) is 1. The molecule has 0 saturated carbocycles. The number of aliphatic imine (C=N–C) groups is 1. The first-order valence-corrected chi connectivity index (χ1v) is 5.26. The molecule has 2 heteroatoms. The van der Waals surface area contributed by atoms with E-state index in [2.05, 4.69) is 57.0 Å². The fourth-order valence-electron chi connectivity index (χ4n) is 1.50. The molecule has 1 rings (SSSR count). The first-order valence-electron chi connectivity index (χ1n) is 5.26. The van der Waals surface area contributed by atoms with Crippen molar-refractivity contribution in [1.82, 2.24) is 0 Å². The maximum Gasteiger partial charge on any atom is 0.0987 e. The van der Waals surface area contributed by atoms with E-state index in [1.165, 1.54) is 11.1 Å². The summed E-state index contributed by atoms with van der Waals surface area (Å²) in [6, 6.07) is 8.36. The first kappa shape index (κ1) is 11.8. The van der Waals surface area contributed by atoms with Crippen LogP contribution in [0.15, 0.2) is 29.3 Å². The molecule has 0 spiro atoms. The zero-order chi connectivity index (χ0) is 11.5. The van der Waals surface area contributed by atoms with Gasteiger partial charge in [0.05, 0.1) is 11.4 Å². The quantitative estimate of drug-likeness (QED) is 0.584. The van der Waals surface area contributed by atoms with Gasteiger partial charge in [0.25, 0.3) is 0 Å². The second-order valence-corrected chi connectivity index (χ2v) is 4.94. The van der Waals surface area contributed by atoms with Crippen molar-refractivity contribution in [2.24, 2.45) is 10.7 Å². The molecule has 1 aromatic rings. The summed E-state index contributed by atoms with van der Waals surface area (Å²) in [5.74, 6) is 0.702. The van der Waals surface area contributed by atoms with Gasteiger partial charge in [-0.1, -0.05) is 29.8 Å². The van der Waals surface area contributed by atoms with E-state index in [1.54, 1.807) is 0 Å². The van der Waals surface area contributed by atoms with Crippen LogP contribution in [0.5, 0.6) is 0 Å². The van der Waals surface area contributed by atoms with Gasteiger partial charge in [0, 0.05) is 6.42 Å². The summed E-state index contributed by atoms with van der Waals surface area (Å²) in [7, 11) is 0. The Morgan fingerprint density at radius 3 is 2.53 bits per heavy atom. The largest absolute Gasteiger partial charge is 0.387 e. The van der Waals surface area contributed by atoms with Crippen molar-refractivity contribution in [3.05, 3.63) is 35.4 Å². The van der Waals surface area contributed by atoms with Crippen LogP contribution >= 0.6 is 0 Å². The number of hydrogen-bond acceptors (Lipinski definition) is 1. The van der Waals surface area contributed by atoms with Gasteiger partial charge in [0.15, 0.2) is 0 Å². The lowest BCUT2D eigenvalue weighted by Crippen LogP contribution is -2.22. The zero-order valence-electron chi connectivity index (χ0n) is 10.0. The minimum absolute atomic E-state index is 0.0894. The third-order valence-corrected chi connectivity index (χ3v) is 1.95. The minimum Gasteiger partial charge on any atom is -0.387 e. The van der Waals surface area contributed by atoms with Crippen molar-refractivity contribution in [1.29, 1.82) is 0 Å². The molecule has 0 radical (unpaired) electrons. The molecular weight excluding hydrogens is 184 g/mol. The van der Waals surface area contributed by atoms with Crippen molar-refractivity contribution >= 4 is 5.84 Å². The topological polar surface area (TPSA) is 38.4 Å². The van der Waals surface area contributed by atoms with Gasteiger partial charge in [-0.15, -0.1) is 0 Å². The van der Waals surface area contributed by atoms with Gasteiger partial charge >= 0.3 is 0 Å². The van der Waals surface area contributed by atoms with E-state index in [1.807, 2.05) is 0 Å². The molecule has 2 N–H and O–H groups in total. The molecule has 82 valence electrons. The number of nitrogens with two attached hydrogens (primary N) is 1. The van der Waals surface area contributed by atoms with Crippen molar-refractivity contribution in [2.45, 2.75) is 39.7 Å². The van der Waals surface area contributed by atoms with Gasteiger partial charge in [-0.05, 0) is 33.3 Å². The van der Waals surface area contributed by atoms with Crippen LogP contribution in [-0.4, -0.2) is 11.4 Å². The fraction of sp³-hybridized carbons (Fsp3) is 0.462. The highest BCUT2D eigenvalue weighted by Crippen LogP contribution is 2.09. The fourth-order valence-corrected chi connectivity index (χ4v) is 1.50. The van der Waals surface area contributed by atoms with Crippen LogP contribution in [0.25, 0.3) is 0 Å². The van der Waals surface area contributed by atoms with E-state index >= 15 is 0 Å². The van der Waals surface area contributed by atoms with E-state index in [4.69, 9.17) is 5.73 Å². The SMILES string of the molecule is Cc1cccc(CC(N)=NC(C)(C)C)c1. The molecule has 0 unspecified atom stereocenters. The Hall–Kier alpha value is -1.31. The number of rotatable bonds is 2. The molecule has 0 amide bonds. The molecule has 0 heterocycles. The Bertz CT molecular complexity index is 359. The highest BCUT2D eigenvalue weighted by atomic mass is 14.9. The lowest BCUT2D eigenvalue weighted by atomic mass is 10.1. The summed E-state index contributed by atoms with van der Waals surface area (Å²) in [6.07, 6.45) is 0.735. The smallest absolute Gasteiger partial charge is 0.0987 e. The molecule has 0 atom stereocenters. The predicted octanol–water partition coefficient (Wildman–Crippen LogP) is 2.69. The van der Waals surface area contributed by atoms with Crippen LogP contribution in [-0.2, 0) is 6.42 Å². The number of aryl methyl sites for hydroxylation is 1. The van der Waals surface area contributed by atoms with E-state index in [9.17, 15) is 0 Å². The van der Waals surface area contributed by atoms with Gasteiger partial charge in [0.1, 0.15) is 0 Å². The molecule has 0 aliphatic rings. The highest BCUT2D eigenvalue weighted by molar-refractivity contribution is 5.83. The third kappa shape index (κ3) is 4.63. The number of hydrogen-bond donors (Lipinski definition) is 1. The Morgan fingerprint density at radius 2 is 2.00 bits per heavy atom. The number of amidine groups is 1. The molecule has 1 aromatic carbocycles. The summed E-state index contributed by atoms with van der Waals surface area (Å²) in [4.78, 5) is 4.43. The minimum atomic E-state index is -0.0894. The zero-order valence-corrected chi connectivity index (χ0v) is 10.0. The molecule has 0 aromatic heterocycles. The summed E-state index contributed by atoms with van der Waals surface area (Å²) in [5, 5.41) is 0. The van der Waals surface area contributed by atoms with Crippen molar-refractivity contribution in [2.75, 3.05) is 0 Å². The maximum absolute atomic E-state index is 5.89. The lowest BCUT2D eigenvalue weighted by molar-refractivity contribution is 0.581. The van der Waals surface area contributed by atoms with Gasteiger partial charge in [-0.3, -0.25) is 4.99 Å². The molecule has 2 nitrogen and oxygen atoms in total. The second-order valence-electron chi connectivity index (χ2n) is 4.94. The van der Waals surface area contributed by atoms with Crippen LogP contribution in [0.2, 0.25) is 0 Å².